The summed E-state index contributed by atoms with van der Waals surface area (Å²) in [4.78, 5) is 22.1. The first-order chi connectivity index (χ1) is 15.5. The van der Waals surface area contributed by atoms with Gasteiger partial charge in [-0.2, -0.15) is 0 Å². The number of hydrogen-bond donors (Lipinski definition) is 0. The van der Waals surface area contributed by atoms with Crippen molar-refractivity contribution >= 4 is 22.6 Å². The van der Waals surface area contributed by atoms with Gasteiger partial charge in [0.1, 0.15) is 18.3 Å². The Labute approximate surface area is 184 Å². The molecule has 0 fully saturated rings. The molecule has 6 nitrogen and oxygen atoms in total. The molecule has 0 saturated heterocycles. The van der Waals surface area contributed by atoms with Crippen molar-refractivity contribution < 1.29 is 14.0 Å². The van der Waals surface area contributed by atoms with Gasteiger partial charge in [0.2, 0.25) is 0 Å². The number of para-hydroxylation sites is 1. The maximum Gasteiger partial charge on any atom is 0.365 e. The van der Waals surface area contributed by atoms with Crippen LogP contribution in [0.1, 0.15) is 53.1 Å². The van der Waals surface area contributed by atoms with Crippen LogP contribution >= 0.6 is 0 Å². The predicted octanol–water partition coefficient (Wildman–Crippen LogP) is 5.25. The fourth-order valence-electron chi connectivity index (χ4n) is 4.44. The average Bonchev–Trinajstić information content (AvgIpc) is 3.36. The number of fused-ring (bicyclic) bond motifs is 3. The molecule has 0 bridgehead atoms. The number of rotatable bonds is 4. The van der Waals surface area contributed by atoms with E-state index in [0.717, 1.165) is 34.4 Å². The topological polar surface area (TPSA) is 61.4 Å². The summed E-state index contributed by atoms with van der Waals surface area (Å²) in [5, 5.41) is 5.36. The van der Waals surface area contributed by atoms with E-state index in [9.17, 15) is 9.18 Å². The van der Waals surface area contributed by atoms with Gasteiger partial charge in [0.15, 0.2) is 0 Å². The first-order valence-electron chi connectivity index (χ1n) is 10.7. The first-order valence-corrected chi connectivity index (χ1v) is 10.7. The van der Waals surface area contributed by atoms with Crippen molar-refractivity contribution in [3.05, 3.63) is 89.4 Å². The Bertz CT molecular complexity index is 1330. The maximum absolute atomic E-state index is 13.2. The summed E-state index contributed by atoms with van der Waals surface area (Å²) >= 11 is 0. The van der Waals surface area contributed by atoms with Gasteiger partial charge in [-0.05, 0) is 56.0 Å². The number of nitrogens with zero attached hydrogens (tertiary/aromatic N) is 4. The van der Waals surface area contributed by atoms with E-state index < -0.39 is 11.8 Å². The molecular formula is C25H23FN4O2. The Morgan fingerprint density at radius 2 is 2.00 bits per heavy atom. The summed E-state index contributed by atoms with van der Waals surface area (Å²) in [7, 11) is 0. The van der Waals surface area contributed by atoms with E-state index >= 15 is 0 Å². The van der Waals surface area contributed by atoms with Crippen LogP contribution in [0, 0.1) is 12.7 Å². The SMILES string of the molecule is Cc1nccn1Cn1c2c(c3ccccc31)C(=NOC(=O)c1ccc(F)cc1)CC[C@@H]2C. The quantitative estimate of drug-likeness (QED) is 0.328. The van der Waals surface area contributed by atoms with Gasteiger partial charge in [-0.15, -0.1) is 0 Å². The predicted molar refractivity (Wildman–Crippen MR) is 120 cm³/mol. The van der Waals surface area contributed by atoms with Crippen molar-refractivity contribution in [2.75, 3.05) is 0 Å². The van der Waals surface area contributed by atoms with Crippen molar-refractivity contribution in [2.45, 2.75) is 39.3 Å². The van der Waals surface area contributed by atoms with Gasteiger partial charge < -0.3 is 14.0 Å². The van der Waals surface area contributed by atoms with Crippen LogP contribution in [0.15, 0.2) is 66.1 Å². The highest BCUT2D eigenvalue weighted by molar-refractivity contribution is 6.13. The molecule has 2 aromatic heterocycles. The number of halogens is 1. The smallest absolute Gasteiger partial charge is 0.325 e. The Morgan fingerprint density at radius 1 is 1.22 bits per heavy atom. The van der Waals surface area contributed by atoms with E-state index in [4.69, 9.17) is 4.84 Å². The molecule has 0 saturated carbocycles. The molecule has 7 heteroatoms. The molecule has 4 aromatic rings. The minimum absolute atomic E-state index is 0.262. The molecule has 0 amide bonds. The Morgan fingerprint density at radius 3 is 2.75 bits per heavy atom. The van der Waals surface area contributed by atoms with E-state index in [1.165, 1.54) is 30.0 Å². The highest BCUT2D eigenvalue weighted by atomic mass is 19.1. The largest absolute Gasteiger partial charge is 0.365 e. The minimum atomic E-state index is -0.601. The molecule has 5 rings (SSSR count). The normalized spacial score (nSPS) is 17.0. The molecule has 1 aliphatic carbocycles. The molecule has 2 heterocycles. The Balaban J connectivity index is 1.57. The van der Waals surface area contributed by atoms with Gasteiger partial charge in [-0.3, -0.25) is 0 Å². The molecule has 1 atom stereocenters. The van der Waals surface area contributed by atoms with Crippen molar-refractivity contribution in [1.29, 1.82) is 0 Å². The van der Waals surface area contributed by atoms with Crippen LogP contribution in [0.4, 0.5) is 4.39 Å². The molecular weight excluding hydrogens is 407 g/mol. The van der Waals surface area contributed by atoms with E-state index in [1.807, 2.05) is 25.3 Å². The Hall–Kier alpha value is -3.74. The van der Waals surface area contributed by atoms with Crippen LogP contribution in [0.5, 0.6) is 0 Å². The lowest BCUT2D eigenvalue weighted by molar-refractivity contribution is 0.0515. The summed E-state index contributed by atoms with van der Waals surface area (Å²) in [6, 6.07) is 13.5. The van der Waals surface area contributed by atoms with Crippen LogP contribution in [0.25, 0.3) is 10.9 Å². The maximum atomic E-state index is 13.2. The molecule has 32 heavy (non-hydrogen) atoms. The van der Waals surface area contributed by atoms with Crippen LogP contribution in [0.2, 0.25) is 0 Å². The summed E-state index contributed by atoms with van der Waals surface area (Å²) < 4.78 is 17.6. The molecule has 1 aliphatic rings. The number of aromatic nitrogens is 3. The lowest BCUT2D eigenvalue weighted by Gasteiger charge is -2.24. The van der Waals surface area contributed by atoms with E-state index in [2.05, 4.69) is 38.3 Å². The fraction of sp³-hybridized carbons (Fsp3) is 0.240. The third-order valence-electron chi connectivity index (χ3n) is 6.12. The molecule has 0 aliphatic heterocycles. The second kappa shape index (κ2) is 8.07. The zero-order valence-electron chi connectivity index (χ0n) is 18.0. The summed E-state index contributed by atoms with van der Waals surface area (Å²) in [5.74, 6) is 0.269. The summed E-state index contributed by atoms with van der Waals surface area (Å²) in [5.41, 5.74) is 4.34. The highest BCUT2D eigenvalue weighted by Gasteiger charge is 2.30. The van der Waals surface area contributed by atoms with Crippen LogP contribution in [-0.4, -0.2) is 25.8 Å². The van der Waals surface area contributed by atoms with Crippen LogP contribution in [0.3, 0.4) is 0 Å². The van der Waals surface area contributed by atoms with Crippen LogP contribution in [-0.2, 0) is 11.5 Å². The summed E-state index contributed by atoms with van der Waals surface area (Å²) in [6.07, 6.45) is 5.39. The average molecular weight is 430 g/mol. The summed E-state index contributed by atoms with van der Waals surface area (Å²) in [6.45, 7) is 4.86. The molecule has 0 spiro atoms. The molecule has 0 radical (unpaired) electrons. The molecule has 0 N–H and O–H groups in total. The van der Waals surface area contributed by atoms with Gasteiger partial charge in [0.05, 0.1) is 16.8 Å². The van der Waals surface area contributed by atoms with E-state index in [0.29, 0.717) is 19.0 Å². The molecule has 0 unspecified atom stereocenters. The van der Waals surface area contributed by atoms with Crippen molar-refractivity contribution in [3.63, 3.8) is 0 Å². The molecule has 162 valence electrons. The second-order valence-electron chi connectivity index (χ2n) is 8.15. The lowest BCUT2D eigenvalue weighted by Crippen LogP contribution is -2.20. The fourth-order valence-corrected chi connectivity index (χ4v) is 4.44. The van der Waals surface area contributed by atoms with Gasteiger partial charge in [-0.1, -0.05) is 30.3 Å². The van der Waals surface area contributed by atoms with Crippen LogP contribution < -0.4 is 0 Å². The zero-order chi connectivity index (χ0) is 22.2. The third kappa shape index (κ3) is 3.49. The number of aryl methyl sites for hydroxylation is 1. The molecule has 2 aromatic carbocycles. The number of oxime groups is 1. The van der Waals surface area contributed by atoms with Gasteiger partial charge >= 0.3 is 5.97 Å². The van der Waals surface area contributed by atoms with E-state index in [1.54, 1.807) is 6.20 Å². The number of imidazole rings is 1. The monoisotopic (exact) mass is 430 g/mol. The number of carbonyl (C=O) groups excluding carboxylic acids is 1. The van der Waals surface area contributed by atoms with Crippen molar-refractivity contribution in [2.24, 2.45) is 5.16 Å². The number of hydrogen-bond acceptors (Lipinski definition) is 4. The number of carbonyl (C=O) groups is 1. The Kier molecular flexibility index (Phi) is 5.09. The number of benzene rings is 2. The zero-order valence-corrected chi connectivity index (χ0v) is 18.0. The van der Waals surface area contributed by atoms with Gasteiger partial charge in [0.25, 0.3) is 0 Å². The minimum Gasteiger partial charge on any atom is -0.325 e. The van der Waals surface area contributed by atoms with Crippen molar-refractivity contribution in [3.8, 4) is 0 Å². The third-order valence-corrected chi connectivity index (χ3v) is 6.12. The van der Waals surface area contributed by atoms with Crippen molar-refractivity contribution in [1.82, 2.24) is 14.1 Å². The standard InChI is InChI=1S/C25H23FN4O2/c1-16-7-12-21(28-32-25(31)18-8-10-19(26)11-9-18)23-20-5-3-4-6-22(20)30(24(16)23)15-29-14-13-27-17(29)2/h3-6,8-11,13-14,16H,7,12,15H2,1-2H3/t16-/m0/s1. The van der Waals surface area contributed by atoms with Gasteiger partial charge in [-0.25, -0.2) is 14.2 Å². The highest BCUT2D eigenvalue weighted by Crippen LogP contribution is 2.39. The first kappa shape index (κ1) is 20.2. The van der Waals surface area contributed by atoms with E-state index in [-0.39, 0.29) is 5.56 Å². The lowest BCUT2D eigenvalue weighted by atomic mass is 9.86. The second-order valence-corrected chi connectivity index (χ2v) is 8.15. The van der Waals surface area contributed by atoms with Gasteiger partial charge in [0, 0.05) is 29.0 Å².